The molecule has 146 valence electrons. The Kier molecular flexibility index (Phi) is 6.19. The third-order valence-electron chi connectivity index (χ3n) is 4.15. The van der Waals surface area contributed by atoms with E-state index >= 15 is 0 Å². The highest BCUT2D eigenvalue weighted by Crippen LogP contribution is 2.26. The maximum Gasteiger partial charge on any atom is 0.250 e. The van der Waals surface area contributed by atoms with Crippen LogP contribution in [0.5, 0.6) is 5.75 Å². The molecule has 4 aromatic rings. The zero-order valence-corrected chi connectivity index (χ0v) is 18.1. The summed E-state index contributed by atoms with van der Waals surface area (Å²) in [6, 6.07) is 14.0. The van der Waals surface area contributed by atoms with E-state index in [1.54, 1.807) is 35.9 Å². The number of nitrogens with one attached hydrogen (secondary N) is 1. The number of hydrogen-bond acceptors (Lipinski definition) is 6. The predicted molar refractivity (Wildman–Crippen MR) is 123 cm³/mol. The van der Waals surface area contributed by atoms with Gasteiger partial charge in [0.2, 0.25) is 5.91 Å². The topological polar surface area (TPSA) is 51.2 Å². The van der Waals surface area contributed by atoms with E-state index in [-0.39, 0.29) is 5.91 Å². The molecule has 4 nitrogen and oxygen atoms in total. The molecule has 0 radical (unpaired) electrons. The number of hydrogen-bond donors (Lipinski definition) is 1. The lowest BCUT2D eigenvalue weighted by atomic mass is 10.2. The van der Waals surface area contributed by atoms with Crippen molar-refractivity contribution in [2.75, 3.05) is 12.4 Å². The molecule has 0 atom stereocenters. The van der Waals surface area contributed by atoms with Gasteiger partial charge >= 0.3 is 0 Å². The Morgan fingerprint density at radius 2 is 2.00 bits per heavy atom. The standard InChI is InChI=1S/C22H18N2O2S3/c1-26-17-6-4-16(5-7-17)20-14-29-22(23-20)24-21(25)9-8-19-12-15(13-28-19)11-18-3-2-10-27-18/h2-10,12-14H,11H2,1H3,(H,23,24,25). The number of methoxy groups -OCH3 is 1. The summed E-state index contributed by atoms with van der Waals surface area (Å²) in [5.74, 6) is 0.614. The van der Waals surface area contributed by atoms with Gasteiger partial charge in [0.25, 0.3) is 0 Å². The molecule has 0 aliphatic carbocycles. The lowest BCUT2D eigenvalue weighted by molar-refractivity contribution is -0.111. The van der Waals surface area contributed by atoms with Crippen LogP contribution in [0, 0.1) is 0 Å². The smallest absolute Gasteiger partial charge is 0.250 e. The second kappa shape index (κ2) is 9.17. The molecular formula is C22H18N2O2S3. The molecule has 4 rings (SSSR count). The van der Waals surface area contributed by atoms with Gasteiger partial charge in [0, 0.05) is 33.2 Å². The first-order valence-corrected chi connectivity index (χ1v) is 11.5. The summed E-state index contributed by atoms with van der Waals surface area (Å²) >= 11 is 4.80. The van der Waals surface area contributed by atoms with Gasteiger partial charge in [-0.1, -0.05) is 6.07 Å². The SMILES string of the molecule is COc1ccc(-c2csc(NC(=O)C=Cc3cc(Cc4cccs4)cs3)n2)cc1. The van der Waals surface area contributed by atoms with E-state index in [1.807, 2.05) is 35.7 Å². The van der Waals surface area contributed by atoms with Gasteiger partial charge in [0.05, 0.1) is 12.8 Å². The van der Waals surface area contributed by atoms with Crippen molar-refractivity contribution in [1.29, 1.82) is 0 Å². The molecule has 1 aromatic carbocycles. The van der Waals surface area contributed by atoms with Crippen molar-refractivity contribution in [1.82, 2.24) is 4.98 Å². The Morgan fingerprint density at radius 1 is 1.14 bits per heavy atom. The van der Waals surface area contributed by atoms with Crippen molar-refractivity contribution in [2.45, 2.75) is 6.42 Å². The molecule has 0 unspecified atom stereocenters. The number of rotatable bonds is 7. The molecule has 3 aromatic heterocycles. The molecule has 7 heteroatoms. The van der Waals surface area contributed by atoms with Crippen LogP contribution in [0.2, 0.25) is 0 Å². The summed E-state index contributed by atoms with van der Waals surface area (Å²) in [5.41, 5.74) is 3.07. The first kappa shape index (κ1) is 19.6. The monoisotopic (exact) mass is 438 g/mol. The number of anilines is 1. The van der Waals surface area contributed by atoms with Gasteiger partial charge < -0.3 is 4.74 Å². The number of ether oxygens (including phenoxy) is 1. The highest BCUT2D eigenvalue weighted by molar-refractivity contribution is 7.14. The molecule has 1 N–H and O–H groups in total. The van der Waals surface area contributed by atoms with Gasteiger partial charge in [-0.25, -0.2) is 4.98 Å². The zero-order chi connectivity index (χ0) is 20.1. The quantitative estimate of drug-likeness (QED) is 0.350. The van der Waals surface area contributed by atoms with Crippen LogP contribution in [0.1, 0.15) is 15.3 Å². The largest absolute Gasteiger partial charge is 0.497 e. The Hall–Kier alpha value is -2.74. The van der Waals surface area contributed by atoms with Gasteiger partial charge in [-0.05, 0) is 58.8 Å². The number of amides is 1. The average molecular weight is 439 g/mol. The molecule has 0 fully saturated rings. The summed E-state index contributed by atoms with van der Waals surface area (Å²) < 4.78 is 5.17. The Labute approximate surface area is 181 Å². The van der Waals surface area contributed by atoms with Crippen LogP contribution < -0.4 is 10.1 Å². The van der Waals surface area contributed by atoms with Crippen LogP contribution in [-0.2, 0) is 11.2 Å². The molecular weight excluding hydrogens is 420 g/mol. The van der Waals surface area contributed by atoms with Gasteiger partial charge in [0.15, 0.2) is 5.13 Å². The number of thiophene rings is 2. The van der Waals surface area contributed by atoms with E-state index in [0.29, 0.717) is 5.13 Å². The number of benzene rings is 1. The normalized spacial score (nSPS) is 11.1. The Balaban J connectivity index is 1.35. The van der Waals surface area contributed by atoms with Crippen molar-refractivity contribution in [3.05, 3.63) is 80.0 Å². The summed E-state index contributed by atoms with van der Waals surface area (Å²) in [5, 5.41) is 9.56. The van der Waals surface area contributed by atoms with Crippen LogP contribution in [0.15, 0.2) is 64.7 Å². The second-order valence-corrected chi connectivity index (χ2v) is 9.04. The van der Waals surface area contributed by atoms with Crippen molar-refractivity contribution in [3.63, 3.8) is 0 Å². The van der Waals surface area contributed by atoms with E-state index in [2.05, 4.69) is 39.3 Å². The Bertz CT molecular complexity index is 1110. The third-order valence-corrected chi connectivity index (χ3v) is 6.73. The minimum atomic E-state index is -0.186. The molecule has 0 bridgehead atoms. The number of aromatic nitrogens is 1. The van der Waals surface area contributed by atoms with E-state index < -0.39 is 0 Å². The molecule has 29 heavy (non-hydrogen) atoms. The maximum absolute atomic E-state index is 12.2. The van der Waals surface area contributed by atoms with Crippen molar-refractivity contribution >= 4 is 51.1 Å². The number of nitrogens with zero attached hydrogens (tertiary/aromatic N) is 1. The van der Waals surface area contributed by atoms with Gasteiger partial charge in [-0.15, -0.1) is 34.0 Å². The predicted octanol–water partition coefficient (Wildman–Crippen LogP) is 6.18. The first-order valence-electron chi connectivity index (χ1n) is 8.88. The summed E-state index contributed by atoms with van der Waals surface area (Å²) in [6.07, 6.45) is 4.33. The van der Waals surface area contributed by atoms with Gasteiger partial charge in [0.1, 0.15) is 5.75 Å². The fraction of sp³-hybridized carbons (Fsp3) is 0.0909. The van der Waals surface area contributed by atoms with Crippen molar-refractivity contribution in [2.24, 2.45) is 0 Å². The molecule has 3 heterocycles. The van der Waals surface area contributed by atoms with Gasteiger partial charge in [-0.3, -0.25) is 10.1 Å². The maximum atomic E-state index is 12.2. The third kappa shape index (κ3) is 5.20. The van der Waals surface area contributed by atoms with Crippen LogP contribution in [-0.4, -0.2) is 18.0 Å². The summed E-state index contributed by atoms with van der Waals surface area (Å²) in [4.78, 5) is 19.1. The first-order chi connectivity index (χ1) is 14.2. The van der Waals surface area contributed by atoms with E-state index in [4.69, 9.17) is 4.74 Å². The van der Waals surface area contributed by atoms with Crippen molar-refractivity contribution < 1.29 is 9.53 Å². The number of carbonyl (C=O) groups excluding carboxylic acids is 1. The fourth-order valence-corrected chi connectivity index (χ4v) is 4.99. The van der Waals surface area contributed by atoms with Crippen molar-refractivity contribution in [3.8, 4) is 17.0 Å². The molecule has 0 spiro atoms. The average Bonchev–Trinajstić information content (AvgIpc) is 3.50. The number of carbonyl (C=O) groups is 1. The highest BCUT2D eigenvalue weighted by Gasteiger charge is 2.07. The molecule has 0 saturated carbocycles. The van der Waals surface area contributed by atoms with E-state index in [0.717, 1.165) is 28.3 Å². The van der Waals surface area contributed by atoms with E-state index in [1.165, 1.54) is 21.8 Å². The van der Waals surface area contributed by atoms with Crippen LogP contribution in [0.3, 0.4) is 0 Å². The molecule has 1 amide bonds. The minimum absolute atomic E-state index is 0.186. The lowest BCUT2D eigenvalue weighted by Gasteiger charge is -2.00. The summed E-state index contributed by atoms with van der Waals surface area (Å²) in [6.45, 7) is 0. The fourth-order valence-electron chi connectivity index (χ4n) is 2.72. The highest BCUT2D eigenvalue weighted by atomic mass is 32.1. The van der Waals surface area contributed by atoms with E-state index in [9.17, 15) is 4.79 Å². The zero-order valence-electron chi connectivity index (χ0n) is 15.6. The van der Waals surface area contributed by atoms with Crippen LogP contribution in [0.25, 0.3) is 17.3 Å². The summed E-state index contributed by atoms with van der Waals surface area (Å²) in [7, 11) is 1.64. The molecule has 0 aliphatic heterocycles. The van der Waals surface area contributed by atoms with Crippen LogP contribution >= 0.6 is 34.0 Å². The molecule has 0 saturated heterocycles. The second-order valence-electron chi connectivity index (χ2n) is 6.20. The Morgan fingerprint density at radius 3 is 2.76 bits per heavy atom. The number of thiazole rings is 1. The van der Waals surface area contributed by atoms with Crippen LogP contribution in [0.4, 0.5) is 5.13 Å². The lowest BCUT2D eigenvalue weighted by Crippen LogP contribution is -2.07. The molecule has 0 aliphatic rings. The minimum Gasteiger partial charge on any atom is -0.497 e. The van der Waals surface area contributed by atoms with Gasteiger partial charge in [-0.2, -0.15) is 0 Å².